The van der Waals surface area contributed by atoms with Crippen molar-refractivity contribution in [2.45, 2.75) is 77.0 Å². The highest BCUT2D eigenvalue weighted by Gasteiger charge is 2.30. The maximum atomic E-state index is 12.6. The Morgan fingerprint density at radius 2 is 2.00 bits per heavy atom. The standard InChI is InChI=1S/C36H44Cl2N6O3/c1-24-23-47-18-17-42(24)14-4-15-44-33-13-16-43(36(46)35(39)45)22-30(33)34(41-44)27-10-12-31(37)26(20-27)9-7-25-8-11-32(38)28(19-25)21-40-29-5-2-3-6-29/h10-12,19-20,24-25,29,40H,2-6,8,13-18,21-23H2,1H3,(H2,39,45)/t24-,25?/m0/s1. The van der Waals surface area contributed by atoms with Crippen molar-refractivity contribution in [3.8, 4) is 23.1 Å². The monoisotopic (exact) mass is 678 g/mol. The first-order valence-electron chi connectivity index (χ1n) is 16.9. The highest BCUT2D eigenvalue weighted by atomic mass is 35.5. The Morgan fingerprint density at radius 3 is 2.79 bits per heavy atom. The molecule has 9 nitrogen and oxygen atoms in total. The minimum absolute atomic E-state index is 0.0344. The van der Waals surface area contributed by atoms with Gasteiger partial charge in [-0.25, -0.2) is 0 Å². The summed E-state index contributed by atoms with van der Waals surface area (Å²) in [7, 11) is 0. The number of hydrogen-bond acceptors (Lipinski definition) is 6. The van der Waals surface area contributed by atoms with E-state index in [-0.39, 0.29) is 12.5 Å². The van der Waals surface area contributed by atoms with E-state index in [0.717, 1.165) is 85.4 Å². The van der Waals surface area contributed by atoms with Gasteiger partial charge in [0.15, 0.2) is 0 Å². The number of nitrogens with two attached hydrogens (primary N) is 1. The molecule has 2 aliphatic heterocycles. The molecule has 4 aliphatic rings. The Bertz CT molecular complexity index is 1620. The van der Waals surface area contributed by atoms with Gasteiger partial charge in [0, 0.05) is 84.6 Å². The lowest BCUT2D eigenvalue weighted by Gasteiger charge is -2.33. The van der Waals surface area contributed by atoms with Gasteiger partial charge in [-0.3, -0.25) is 19.2 Å². The molecule has 11 heteroatoms. The van der Waals surface area contributed by atoms with Crippen molar-refractivity contribution >= 4 is 35.0 Å². The Balaban J connectivity index is 1.23. The second-order valence-electron chi connectivity index (χ2n) is 13.1. The van der Waals surface area contributed by atoms with Crippen LogP contribution in [0.5, 0.6) is 0 Å². The second-order valence-corrected chi connectivity index (χ2v) is 13.9. The molecule has 2 atom stereocenters. The molecular formula is C36H44Cl2N6O3. The van der Waals surface area contributed by atoms with Crippen molar-refractivity contribution < 1.29 is 14.3 Å². The van der Waals surface area contributed by atoms with Crippen molar-refractivity contribution in [3.63, 3.8) is 0 Å². The summed E-state index contributed by atoms with van der Waals surface area (Å²) in [6.45, 7) is 7.79. The molecule has 2 fully saturated rings. The fourth-order valence-corrected chi connectivity index (χ4v) is 7.46. The Hall–Kier alpha value is -3.13. The number of carbonyl (C=O) groups is 2. The van der Waals surface area contributed by atoms with Crippen molar-refractivity contribution in [3.05, 3.63) is 62.8 Å². The van der Waals surface area contributed by atoms with Crippen LogP contribution >= 0.6 is 23.2 Å². The number of aromatic nitrogens is 2. The molecule has 3 N–H and O–H groups in total. The Kier molecular flexibility index (Phi) is 11.1. The van der Waals surface area contributed by atoms with E-state index in [1.54, 1.807) is 0 Å². The van der Waals surface area contributed by atoms with Crippen LogP contribution in [0.3, 0.4) is 0 Å². The van der Waals surface area contributed by atoms with Crippen LogP contribution in [0, 0.1) is 17.8 Å². The Labute approximate surface area is 287 Å². The average molecular weight is 680 g/mol. The minimum atomic E-state index is -0.948. The molecule has 0 spiro atoms. The summed E-state index contributed by atoms with van der Waals surface area (Å²) in [4.78, 5) is 28.3. The number of allylic oxidation sites excluding steroid dienone is 2. The summed E-state index contributed by atoms with van der Waals surface area (Å²) >= 11 is 13.2. The number of benzene rings is 1. The van der Waals surface area contributed by atoms with Crippen LogP contribution in [0.25, 0.3) is 11.3 Å². The molecule has 1 saturated carbocycles. The average Bonchev–Trinajstić information content (AvgIpc) is 3.73. The second kappa shape index (κ2) is 15.4. The lowest BCUT2D eigenvalue weighted by atomic mass is 9.95. The summed E-state index contributed by atoms with van der Waals surface area (Å²) in [5.74, 6) is 5.16. The topological polar surface area (TPSA) is 106 Å². The highest BCUT2D eigenvalue weighted by Crippen LogP contribution is 2.33. The number of halogens is 2. The predicted octanol–water partition coefficient (Wildman–Crippen LogP) is 4.64. The van der Waals surface area contributed by atoms with Crippen molar-refractivity contribution in [1.29, 1.82) is 0 Å². The Morgan fingerprint density at radius 1 is 1.17 bits per heavy atom. The van der Waals surface area contributed by atoms with E-state index in [1.165, 1.54) is 30.6 Å². The van der Waals surface area contributed by atoms with Gasteiger partial charge in [-0.1, -0.05) is 66.1 Å². The first-order valence-corrected chi connectivity index (χ1v) is 17.6. The third-order valence-electron chi connectivity index (χ3n) is 9.78. The number of nitrogens with zero attached hydrogens (tertiary/aromatic N) is 4. The van der Waals surface area contributed by atoms with Crippen molar-refractivity contribution in [2.75, 3.05) is 39.4 Å². The van der Waals surface area contributed by atoms with E-state index < -0.39 is 11.8 Å². The molecule has 2 amide bonds. The molecule has 1 aromatic heterocycles. The molecule has 47 heavy (non-hydrogen) atoms. The maximum Gasteiger partial charge on any atom is 0.311 e. The van der Waals surface area contributed by atoms with Gasteiger partial charge in [-0.05, 0) is 50.3 Å². The first kappa shape index (κ1) is 33.8. The molecule has 2 aliphatic carbocycles. The molecular weight excluding hydrogens is 635 g/mol. The number of amides is 2. The number of primary amides is 1. The zero-order chi connectivity index (χ0) is 32.9. The van der Waals surface area contributed by atoms with Gasteiger partial charge in [0.2, 0.25) is 0 Å². The van der Waals surface area contributed by atoms with Crippen molar-refractivity contribution in [1.82, 2.24) is 24.9 Å². The fraction of sp³-hybridized carbons (Fsp3) is 0.528. The van der Waals surface area contributed by atoms with Crippen molar-refractivity contribution in [2.24, 2.45) is 11.7 Å². The number of rotatable bonds is 8. The van der Waals surface area contributed by atoms with Gasteiger partial charge >= 0.3 is 11.8 Å². The van der Waals surface area contributed by atoms with Crippen LogP contribution in [0.4, 0.5) is 0 Å². The van der Waals surface area contributed by atoms with Crippen LogP contribution in [0.15, 0.2) is 41.0 Å². The lowest BCUT2D eigenvalue weighted by molar-refractivity contribution is -0.144. The van der Waals surface area contributed by atoms with E-state index >= 15 is 0 Å². The summed E-state index contributed by atoms with van der Waals surface area (Å²) < 4.78 is 7.67. The van der Waals surface area contributed by atoms with E-state index in [0.29, 0.717) is 35.6 Å². The van der Waals surface area contributed by atoms with Crippen LogP contribution in [-0.4, -0.2) is 82.9 Å². The summed E-state index contributed by atoms with van der Waals surface area (Å²) in [5, 5.41) is 10.1. The van der Waals surface area contributed by atoms with E-state index in [2.05, 4.69) is 45.8 Å². The molecule has 6 rings (SSSR count). The highest BCUT2D eigenvalue weighted by molar-refractivity contribution is 6.34. The van der Waals surface area contributed by atoms with Gasteiger partial charge in [-0.2, -0.15) is 5.10 Å². The normalized spacial score (nSPS) is 21.9. The number of aryl methyl sites for hydroxylation is 1. The molecule has 250 valence electrons. The number of fused-ring (bicyclic) bond motifs is 1. The van der Waals surface area contributed by atoms with E-state index in [9.17, 15) is 9.59 Å². The smallest absolute Gasteiger partial charge is 0.311 e. The number of carbonyl (C=O) groups excluding carboxylic acids is 2. The summed E-state index contributed by atoms with van der Waals surface area (Å²) in [6, 6.07) is 6.73. The van der Waals surface area contributed by atoms with Crippen LogP contribution in [-0.2, 0) is 33.8 Å². The number of nitrogens with one attached hydrogen (secondary N) is 1. The zero-order valence-corrected chi connectivity index (χ0v) is 28.6. The van der Waals surface area contributed by atoms with E-state index in [4.69, 9.17) is 38.8 Å². The SMILES string of the molecule is C[C@H]1COCCN1CCCn1nc(-c2ccc(Cl)c(C#CC3C=C(CNC4CCCC4)C(Cl)=CC3)c2)c2c1CCN(C(=O)C(N)=O)C2. The summed E-state index contributed by atoms with van der Waals surface area (Å²) in [5.41, 5.74) is 10.8. The number of ether oxygens (including phenoxy) is 1. The van der Waals surface area contributed by atoms with E-state index in [1.807, 2.05) is 18.2 Å². The molecule has 3 heterocycles. The molecule has 2 aromatic rings. The lowest BCUT2D eigenvalue weighted by Crippen LogP contribution is -2.44. The van der Waals surface area contributed by atoms with Crippen LogP contribution in [0.2, 0.25) is 5.02 Å². The van der Waals surface area contributed by atoms with Gasteiger partial charge in [0.1, 0.15) is 0 Å². The third-order valence-corrected chi connectivity index (χ3v) is 10.5. The third kappa shape index (κ3) is 8.13. The quantitative estimate of drug-likeness (QED) is 0.312. The van der Waals surface area contributed by atoms with Gasteiger partial charge in [0.25, 0.3) is 0 Å². The molecule has 1 aromatic carbocycles. The number of hydrogen-bond donors (Lipinski definition) is 2. The van der Waals surface area contributed by atoms with Gasteiger partial charge < -0.3 is 20.7 Å². The van der Waals surface area contributed by atoms with Crippen LogP contribution < -0.4 is 11.1 Å². The fourth-order valence-electron chi connectivity index (χ4n) is 7.07. The molecule has 0 radical (unpaired) electrons. The minimum Gasteiger partial charge on any atom is -0.379 e. The zero-order valence-electron chi connectivity index (χ0n) is 27.1. The van der Waals surface area contributed by atoms with Gasteiger partial charge in [0.05, 0.1) is 30.5 Å². The maximum absolute atomic E-state index is 12.6. The van der Waals surface area contributed by atoms with Crippen LogP contribution in [0.1, 0.15) is 62.3 Å². The number of morpholine rings is 1. The molecule has 1 unspecified atom stereocenters. The first-order chi connectivity index (χ1) is 22.8. The summed E-state index contributed by atoms with van der Waals surface area (Å²) in [6.07, 6.45) is 11.5. The predicted molar refractivity (Wildman–Crippen MR) is 185 cm³/mol. The largest absolute Gasteiger partial charge is 0.379 e. The molecule has 1 saturated heterocycles. The van der Waals surface area contributed by atoms with Gasteiger partial charge in [-0.15, -0.1) is 0 Å². The molecule has 0 bridgehead atoms.